The van der Waals surface area contributed by atoms with Gasteiger partial charge in [0.15, 0.2) is 6.29 Å². The van der Waals surface area contributed by atoms with Gasteiger partial charge in [-0.3, -0.25) is 0 Å². The quantitative estimate of drug-likeness (QED) is 0.549. The molecule has 3 nitrogen and oxygen atoms in total. The second kappa shape index (κ2) is 9.08. The molecule has 0 unspecified atom stereocenters. The van der Waals surface area contributed by atoms with Gasteiger partial charge in [0.05, 0.1) is 6.10 Å². The van der Waals surface area contributed by atoms with E-state index in [2.05, 4.69) is 6.92 Å². The number of unbranched alkanes of at least 4 members (excludes halogenated alkanes) is 2. The third-order valence-corrected chi connectivity index (χ3v) is 3.50. The van der Waals surface area contributed by atoms with Crippen LogP contribution in [0.15, 0.2) is 30.3 Å². The Balaban J connectivity index is 2.76. The zero-order valence-electron chi connectivity index (χ0n) is 12.2. The zero-order valence-corrected chi connectivity index (χ0v) is 12.2. The van der Waals surface area contributed by atoms with Gasteiger partial charge >= 0.3 is 0 Å². The molecule has 0 heterocycles. The number of aliphatic hydroxyl groups is 1. The molecule has 0 radical (unpaired) electrons. The molecule has 0 bridgehead atoms. The second-order valence-electron chi connectivity index (χ2n) is 4.85. The third-order valence-electron chi connectivity index (χ3n) is 3.50. The molecular formula is C16H26O3. The van der Waals surface area contributed by atoms with Crippen LogP contribution in [0.1, 0.15) is 44.3 Å². The Bertz CT molecular complexity index is 322. The summed E-state index contributed by atoms with van der Waals surface area (Å²) in [5.41, 5.74) is 0.920. The molecule has 1 N–H and O–H groups in total. The summed E-state index contributed by atoms with van der Waals surface area (Å²) in [6.45, 7) is 2.17. The Morgan fingerprint density at radius 2 is 1.68 bits per heavy atom. The maximum atomic E-state index is 10.6. The van der Waals surface area contributed by atoms with E-state index in [4.69, 9.17) is 9.47 Å². The van der Waals surface area contributed by atoms with E-state index in [0.29, 0.717) is 0 Å². The van der Waals surface area contributed by atoms with Crippen LogP contribution in [0.25, 0.3) is 0 Å². The molecule has 0 spiro atoms. The molecule has 3 heteroatoms. The number of benzene rings is 1. The molecule has 2 atom stereocenters. The highest BCUT2D eigenvalue weighted by Gasteiger charge is 2.29. The fourth-order valence-electron chi connectivity index (χ4n) is 2.42. The minimum Gasteiger partial charge on any atom is -0.388 e. The molecule has 0 amide bonds. The molecule has 0 aliphatic rings. The summed E-state index contributed by atoms with van der Waals surface area (Å²) in [4.78, 5) is 0. The Labute approximate surface area is 116 Å². The predicted octanol–water partition coefficient (Wildman–Crippen LogP) is 3.54. The van der Waals surface area contributed by atoms with Gasteiger partial charge in [-0.2, -0.15) is 0 Å². The summed E-state index contributed by atoms with van der Waals surface area (Å²) < 4.78 is 10.7. The Hall–Kier alpha value is -0.900. The van der Waals surface area contributed by atoms with E-state index in [1.165, 1.54) is 6.42 Å². The highest BCUT2D eigenvalue weighted by atomic mass is 16.7. The fourth-order valence-corrected chi connectivity index (χ4v) is 2.42. The van der Waals surface area contributed by atoms with Crippen molar-refractivity contribution in [2.45, 2.75) is 45.0 Å². The molecule has 0 fully saturated rings. The van der Waals surface area contributed by atoms with Crippen molar-refractivity contribution in [3.8, 4) is 0 Å². The lowest BCUT2D eigenvalue weighted by Crippen LogP contribution is -2.30. The largest absolute Gasteiger partial charge is 0.388 e. The SMILES string of the molecule is CCCCC[C@H](C(OC)OC)[C@H](O)c1ccccc1. The van der Waals surface area contributed by atoms with Crippen LogP contribution in [0.3, 0.4) is 0 Å². The predicted molar refractivity (Wildman–Crippen MR) is 76.8 cm³/mol. The molecule has 108 valence electrons. The number of rotatable bonds is 9. The van der Waals surface area contributed by atoms with Crippen molar-refractivity contribution < 1.29 is 14.6 Å². The molecule has 0 aromatic heterocycles. The Morgan fingerprint density at radius 1 is 1.05 bits per heavy atom. The van der Waals surface area contributed by atoms with Crippen LogP contribution in [0.4, 0.5) is 0 Å². The lowest BCUT2D eigenvalue weighted by molar-refractivity contribution is -0.164. The first-order valence-electron chi connectivity index (χ1n) is 7.03. The van der Waals surface area contributed by atoms with Gasteiger partial charge in [-0.15, -0.1) is 0 Å². The maximum absolute atomic E-state index is 10.6. The van der Waals surface area contributed by atoms with Gasteiger partial charge < -0.3 is 14.6 Å². The van der Waals surface area contributed by atoms with Gasteiger partial charge in [0.1, 0.15) is 0 Å². The molecule has 0 aliphatic heterocycles. The van der Waals surface area contributed by atoms with Gasteiger partial charge in [-0.1, -0.05) is 56.5 Å². The van der Waals surface area contributed by atoms with Gasteiger partial charge in [0, 0.05) is 20.1 Å². The van der Waals surface area contributed by atoms with Crippen molar-refractivity contribution in [3.05, 3.63) is 35.9 Å². The van der Waals surface area contributed by atoms with Gasteiger partial charge in [-0.25, -0.2) is 0 Å². The van der Waals surface area contributed by atoms with E-state index in [9.17, 15) is 5.11 Å². The number of hydrogen-bond donors (Lipinski definition) is 1. The number of aliphatic hydroxyl groups excluding tert-OH is 1. The Kier molecular flexibility index (Phi) is 7.72. The van der Waals surface area contributed by atoms with E-state index >= 15 is 0 Å². The summed E-state index contributed by atoms with van der Waals surface area (Å²) in [6, 6.07) is 9.72. The first-order chi connectivity index (χ1) is 9.24. The van der Waals surface area contributed by atoms with E-state index in [1.807, 2.05) is 30.3 Å². The minimum atomic E-state index is -0.553. The summed E-state index contributed by atoms with van der Waals surface area (Å²) in [5, 5.41) is 10.6. The highest BCUT2D eigenvalue weighted by molar-refractivity contribution is 5.18. The lowest BCUT2D eigenvalue weighted by Gasteiger charge is -2.29. The van der Waals surface area contributed by atoms with E-state index in [1.54, 1.807) is 14.2 Å². The average molecular weight is 266 g/mol. The molecule has 1 aromatic rings. The van der Waals surface area contributed by atoms with Crippen LogP contribution in [0.2, 0.25) is 0 Å². The summed E-state index contributed by atoms with van der Waals surface area (Å²) >= 11 is 0. The summed E-state index contributed by atoms with van der Waals surface area (Å²) in [6.07, 6.45) is 3.39. The van der Waals surface area contributed by atoms with E-state index < -0.39 is 6.10 Å². The second-order valence-corrected chi connectivity index (χ2v) is 4.85. The monoisotopic (exact) mass is 266 g/mol. The van der Waals surface area contributed by atoms with Crippen molar-refractivity contribution >= 4 is 0 Å². The molecule has 19 heavy (non-hydrogen) atoms. The molecule has 0 aliphatic carbocycles. The summed E-state index contributed by atoms with van der Waals surface area (Å²) in [7, 11) is 3.25. The van der Waals surface area contributed by atoms with Crippen molar-refractivity contribution in [3.63, 3.8) is 0 Å². The van der Waals surface area contributed by atoms with Crippen molar-refractivity contribution in [2.75, 3.05) is 14.2 Å². The van der Waals surface area contributed by atoms with Crippen LogP contribution in [0, 0.1) is 5.92 Å². The number of hydrogen-bond acceptors (Lipinski definition) is 3. The molecular weight excluding hydrogens is 240 g/mol. The van der Waals surface area contributed by atoms with Crippen molar-refractivity contribution in [1.82, 2.24) is 0 Å². The van der Waals surface area contributed by atoms with E-state index in [-0.39, 0.29) is 12.2 Å². The molecule has 1 aromatic carbocycles. The van der Waals surface area contributed by atoms with Crippen LogP contribution in [0.5, 0.6) is 0 Å². The normalized spacial score (nSPS) is 14.6. The number of methoxy groups -OCH3 is 2. The van der Waals surface area contributed by atoms with Crippen molar-refractivity contribution in [1.29, 1.82) is 0 Å². The fraction of sp³-hybridized carbons (Fsp3) is 0.625. The maximum Gasteiger partial charge on any atom is 0.162 e. The van der Waals surface area contributed by atoms with Gasteiger partial charge in [0.25, 0.3) is 0 Å². The van der Waals surface area contributed by atoms with E-state index in [0.717, 1.165) is 24.8 Å². The molecule has 1 rings (SSSR count). The Morgan fingerprint density at radius 3 is 2.21 bits per heavy atom. The topological polar surface area (TPSA) is 38.7 Å². The third kappa shape index (κ3) is 4.94. The average Bonchev–Trinajstić information content (AvgIpc) is 2.47. The van der Waals surface area contributed by atoms with Crippen molar-refractivity contribution in [2.24, 2.45) is 5.92 Å². The van der Waals surface area contributed by atoms with Crippen LogP contribution >= 0.6 is 0 Å². The minimum absolute atomic E-state index is 0.0380. The smallest absolute Gasteiger partial charge is 0.162 e. The first kappa shape index (κ1) is 16.2. The van der Waals surface area contributed by atoms with Crippen LogP contribution in [-0.2, 0) is 9.47 Å². The van der Waals surface area contributed by atoms with Crippen LogP contribution < -0.4 is 0 Å². The summed E-state index contributed by atoms with van der Waals surface area (Å²) in [5.74, 6) is -0.0380. The van der Waals surface area contributed by atoms with Crippen LogP contribution in [-0.4, -0.2) is 25.6 Å². The standard InChI is InChI=1S/C16H26O3/c1-4-5-7-12-14(16(18-2)19-3)15(17)13-10-8-6-9-11-13/h6,8-11,14-17H,4-5,7,12H2,1-3H3/t14-,15+/m0/s1. The zero-order chi connectivity index (χ0) is 14.1. The highest BCUT2D eigenvalue weighted by Crippen LogP contribution is 2.30. The lowest BCUT2D eigenvalue weighted by atomic mass is 9.90. The number of ether oxygens (including phenoxy) is 2. The van der Waals surface area contributed by atoms with Gasteiger partial charge in [-0.05, 0) is 12.0 Å². The first-order valence-corrected chi connectivity index (χ1v) is 7.03. The molecule has 0 saturated carbocycles. The van der Waals surface area contributed by atoms with Gasteiger partial charge in [0.2, 0.25) is 0 Å². The molecule has 0 saturated heterocycles.